The highest BCUT2D eigenvalue weighted by atomic mass is 35.5. The summed E-state index contributed by atoms with van der Waals surface area (Å²) in [6.45, 7) is 7.74. The maximum absolute atomic E-state index is 10.7. The number of hydrogen-bond acceptors (Lipinski definition) is 20. The van der Waals surface area contributed by atoms with Crippen molar-refractivity contribution in [3.05, 3.63) is 145 Å². The van der Waals surface area contributed by atoms with Gasteiger partial charge in [0.05, 0.1) is 112 Å². The number of rotatable bonds is 23. The molecule has 4 heterocycles. The molecule has 8 aromatic rings. The molecule has 90 heavy (non-hydrogen) atoms. The van der Waals surface area contributed by atoms with Crippen LogP contribution in [0.4, 0.5) is 22.7 Å². The third kappa shape index (κ3) is 17.7. The minimum absolute atomic E-state index is 0. The van der Waals surface area contributed by atoms with Gasteiger partial charge in [-0.1, -0.05) is 31.7 Å². The van der Waals surface area contributed by atoms with Crippen LogP contribution in [-0.2, 0) is 9.47 Å². The summed E-state index contributed by atoms with van der Waals surface area (Å²) in [5.41, 5.74) is 3.56. The van der Waals surface area contributed by atoms with Gasteiger partial charge in [0.1, 0.15) is 23.6 Å². The van der Waals surface area contributed by atoms with Crippen LogP contribution in [-0.4, -0.2) is 143 Å². The lowest BCUT2D eigenvalue weighted by molar-refractivity contribution is -0.114. The monoisotopic (exact) mass is 1250 g/mol. The van der Waals surface area contributed by atoms with Gasteiger partial charge < -0.3 is 73.5 Å². The molecule has 476 valence electrons. The zero-order valence-electron chi connectivity index (χ0n) is 51.4. The van der Waals surface area contributed by atoms with Crippen LogP contribution in [0, 0.1) is 22.7 Å². The summed E-state index contributed by atoms with van der Waals surface area (Å²) in [5.74, 6) is 6.57. The molecule has 0 spiro atoms. The van der Waals surface area contributed by atoms with Gasteiger partial charge in [-0.05, 0) is 126 Å². The third-order valence-electron chi connectivity index (χ3n) is 15.3. The quantitative estimate of drug-likeness (QED) is 0.0295. The van der Waals surface area contributed by atoms with Gasteiger partial charge in [0.2, 0.25) is 0 Å². The van der Waals surface area contributed by atoms with Crippen molar-refractivity contribution in [3.8, 4) is 69.6 Å². The number of aromatic nitrogens is 2. The van der Waals surface area contributed by atoms with Gasteiger partial charge in [-0.15, -0.1) is 11.6 Å². The molecule has 0 amide bonds. The minimum Gasteiger partial charge on any atom is -0.493 e. The molecular formula is C69H81ClN8O12. The molecule has 2 aliphatic heterocycles. The molecule has 2 aromatic heterocycles. The Hall–Kier alpha value is -8.83. The average Bonchev–Trinajstić information content (AvgIpc) is 0.881. The summed E-state index contributed by atoms with van der Waals surface area (Å²) in [6, 6.07) is 41.5. The zero-order valence-corrected chi connectivity index (χ0v) is 52.2. The standard InChI is InChI=1S/C34H38N4O6.C27H24ClN3O4.C7H15NO2.CH4/c1-34(39)14-17-42-22-32(34)38(2)15-7-16-43-31-19-27-26(18-30(31)41-4)33(23(20-35)21-36-27)37-24-10-12-25(13-11-24)44-29-9-6-5-8-28(29)40-3;1-32-23-6-3-4-7-24(23)35-20-10-8-19(9-11-20)31-27-18(16-29)17-30-22-15-26(34-13-5-12-28)25(33-2)14-21(22)27;1-7(9)3-4-10-5-6(7)8-2;/h5-6,8-13,18-19,21,32,39H,7,14-17,22H2,1-4H3,(H,36,37);3-4,6-11,14-15,17H,5,12-13H2,1-2H3,(H,30,31);6,8-9H,3-5H2,1-2H3;1H4/t32-,34-;;6-,7-;/m1.1./s1. The van der Waals surface area contributed by atoms with Gasteiger partial charge in [-0.2, -0.15) is 10.5 Å². The van der Waals surface area contributed by atoms with Gasteiger partial charge in [0, 0.05) is 85.2 Å². The summed E-state index contributed by atoms with van der Waals surface area (Å²) >= 11 is 5.76. The number of benzene rings is 6. The molecule has 4 atom stereocenters. The SMILES string of the molecule is C.CN[C@@H]1COCC[C@@]1(C)O.COc1cc2c(Nc3ccc(Oc4ccccc4OC)cc3)c(C#N)cnc2cc1OCCCCl.COc1cc2c(Nc3ccc(Oc4ccccc4OC)cc3)c(C#N)cnc2cc1OCCCN(C)[C@@H]1COCC[C@@]1(C)O. The number of ether oxygens (including phenoxy) is 10. The van der Waals surface area contributed by atoms with Crippen molar-refractivity contribution in [2.45, 2.75) is 70.2 Å². The van der Waals surface area contributed by atoms with E-state index in [0.717, 1.165) is 41.5 Å². The summed E-state index contributed by atoms with van der Waals surface area (Å²) < 4.78 is 56.6. The Kier molecular flexibility index (Phi) is 25.3. The predicted octanol–water partition coefficient (Wildman–Crippen LogP) is 12.9. The number of nitrogens with one attached hydrogen (secondary N) is 3. The topological polar surface area (TPSA) is 245 Å². The first kappa shape index (κ1) is 68.7. The molecule has 21 heteroatoms. The summed E-state index contributed by atoms with van der Waals surface area (Å²) in [4.78, 5) is 11.1. The molecule has 2 saturated heterocycles. The Bertz CT molecular complexity index is 3690. The highest BCUT2D eigenvalue weighted by Gasteiger charge is 2.38. The molecule has 0 unspecified atom stereocenters. The van der Waals surface area contributed by atoms with Crippen molar-refractivity contribution in [2.75, 3.05) is 105 Å². The maximum atomic E-state index is 10.7. The number of halogens is 1. The lowest BCUT2D eigenvalue weighted by atomic mass is 9.90. The van der Waals surface area contributed by atoms with Crippen LogP contribution >= 0.6 is 11.6 Å². The van der Waals surface area contributed by atoms with E-state index in [4.69, 9.17) is 59.0 Å². The largest absolute Gasteiger partial charge is 0.493 e. The van der Waals surface area contributed by atoms with Crippen LogP contribution in [0.15, 0.2) is 134 Å². The summed E-state index contributed by atoms with van der Waals surface area (Å²) in [7, 11) is 10.2. The van der Waals surface area contributed by atoms with E-state index < -0.39 is 11.2 Å². The Morgan fingerprint density at radius 1 is 0.600 bits per heavy atom. The second-order valence-corrected chi connectivity index (χ2v) is 21.8. The van der Waals surface area contributed by atoms with Crippen LogP contribution in [0.5, 0.6) is 57.5 Å². The van der Waals surface area contributed by atoms with Gasteiger partial charge in [-0.3, -0.25) is 14.9 Å². The van der Waals surface area contributed by atoms with E-state index in [-0.39, 0.29) is 19.5 Å². The van der Waals surface area contributed by atoms with Gasteiger partial charge in [-0.25, -0.2) is 0 Å². The highest BCUT2D eigenvalue weighted by Crippen LogP contribution is 2.41. The first-order chi connectivity index (χ1) is 43.1. The van der Waals surface area contributed by atoms with E-state index in [1.807, 2.05) is 143 Å². The molecule has 2 aliphatic rings. The average molecular weight is 1250 g/mol. The molecule has 0 saturated carbocycles. The van der Waals surface area contributed by atoms with Gasteiger partial charge in [0.25, 0.3) is 0 Å². The van der Waals surface area contributed by atoms with Crippen LogP contribution in [0.1, 0.15) is 58.1 Å². The molecule has 0 radical (unpaired) electrons. The molecule has 10 rings (SSSR count). The van der Waals surface area contributed by atoms with E-state index in [1.54, 1.807) is 46.9 Å². The molecular weight excluding hydrogens is 1170 g/mol. The molecule has 20 nitrogen and oxygen atoms in total. The lowest BCUT2D eigenvalue weighted by Crippen LogP contribution is -2.55. The fraction of sp³-hybridized carbons (Fsp3) is 0.362. The van der Waals surface area contributed by atoms with Crippen molar-refractivity contribution in [1.82, 2.24) is 20.2 Å². The van der Waals surface area contributed by atoms with Crippen molar-refractivity contribution >= 4 is 56.2 Å². The number of para-hydroxylation sites is 4. The normalized spacial score (nSPS) is 17.5. The fourth-order valence-corrected chi connectivity index (χ4v) is 10.2. The Balaban J connectivity index is 0.000000223. The maximum Gasteiger partial charge on any atom is 0.169 e. The first-order valence-corrected chi connectivity index (χ1v) is 29.7. The zero-order chi connectivity index (χ0) is 63.3. The number of fused-ring (bicyclic) bond motifs is 2. The number of hydrogen-bond donors (Lipinski definition) is 5. The van der Waals surface area contributed by atoms with Crippen molar-refractivity contribution < 1.29 is 57.6 Å². The summed E-state index contributed by atoms with van der Waals surface area (Å²) in [6.07, 6.45) is 5.89. The number of methoxy groups -OCH3 is 4. The minimum atomic E-state index is -0.777. The predicted molar refractivity (Wildman–Crippen MR) is 351 cm³/mol. The van der Waals surface area contributed by atoms with Crippen molar-refractivity contribution in [2.24, 2.45) is 0 Å². The van der Waals surface area contributed by atoms with E-state index in [0.29, 0.717) is 149 Å². The Labute approximate surface area is 532 Å². The number of nitriles is 2. The van der Waals surface area contributed by atoms with Crippen LogP contribution in [0.25, 0.3) is 21.8 Å². The van der Waals surface area contributed by atoms with E-state index in [2.05, 4.69) is 43.0 Å². The Morgan fingerprint density at radius 2 is 1.03 bits per heavy atom. The van der Waals surface area contributed by atoms with Crippen molar-refractivity contribution in [1.29, 1.82) is 10.5 Å². The Morgan fingerprint density at radius 3 is 1.43 bits per heavy atom. The van der Waals surface area contributed by atoms with Crippen LogP contribution < -0.4 is 53.8 Å². The van der Waals surface area contributed by atoms with E-state index in [9.17, 15) is 20.7 Å². The number of anilines is 4. The molecule has 2 fully saturated rings. The molecule has 6 aromatic carbocycles. The van der Waals surface area contributed by atoms with E-state index >= 15 is 0 Å². The third-order valence-corrected chi connectivity index (χ3v) is 15.5. The number of nitrogens with zero attached hydrogens (tertiary/aromatic N) is 5. The molecule has 5 N–H and O–H groups in total. The van der Waals surface area contributed by atoms with Crippen LogP contribution in [0.3, 0.4) is 0 Å². The number of likely N-dealkylation sites (N-methyl/N-ethyl adjacent to an activating group) is 2. The molecule has 0 bridgehead atoms. The smallest absolute Gasteiger partial charge is 0.169 e. The number of aliphatic hydroxyl groups is 2. The second-order valence-electron chi connectivity index (χ2n) is 21.5. The van der Waals surface area contributed by atoms with E-state index in [1.165, 1.54) is 0 Å². The molecule has 0 aliphatic carbocycles. The fourth-order valence-electron chi connectivity index (χ4n) is 10.1. The second kappa shape index (κ2) is 33.1. The first-order valence-electron chi connectivity index (χ1n) is 29.1. The summed E-state index contributed by atoms with van der Waals surface area (Å²) in [5, 5.41) is 51.2. The lowest BCUT2D eigenvalue weighted by Gasteiger charge is -2.42. The number of alkyl halides is 1. The number of pyridine rings is 2. The highest BCUT2D eigenvalue weighted by molar-refractivity contribution is 6.17. The van der Waals surface area contributed by atoms with Crippen molar-refractivity contribution in [3.63, 3.8) is 0 Å². The van der Waals surface area contributed by atoms with Gasteiger partial charge in [0.15, 0.2) is 46.0 Å². The van der Waals surface area contributed by atoms with Gasteiger partial charge >= 0.3 is 0 Å². The van der Waals surface area contributed by atoms with Crippen LogP contribution in [0.2, 0.25) is 0 Å².